The van der Waals surface area contributed by atoms with Gasteiger partial charge in [-0.2, -0.15) is 4.98 Å². The van der Waals surface area contributed by atoms with E-state index in [4.69, 9.17) is 4.74 Å². The second kappa shape index (κ2) is 9.47. The second-order valence-corrected chi connectivity index (χ2v) is 7.61. The van der Waals surface area contributed by atoms with Gasteiger partial charge < -0.3 is 10.1 Å². The Morgan fingerprint density at radius 3 is 2.31 bits per heavy atom. The molecule has 32 heavy (non-hydrogen) atoms. The van der Waals surface area contributed by atoms with Gasteiger partial charge >= 0.3 is 6.01 Å². The Labute approximate surface area is 187 Å². The van der Waals surface area contributed by atoms with Crippen molar-refractivity contribution in [3.8, 4) is 23.1 Å². The number of methoxy groups -OCH3 is 1. The van der Waals surface area contributed by atoms with Crippen LogP contribution in [0.5, 0.6) is 6.01 Å². The van der Waals surface area contributed by atoms with E-state index in [9.17, 15) is 4.79 Å². The Morgan fingerprint density at radius 2 is 1.69 bits per heavy atom. The summed E-state index contributed by atoms with van der Waals surface area (Å²) in [6, 6.07) is 25.8. The number of amides is 1. The van der Waals surface area contributed by atoms with Gasteiger partial charge in [0, 0.05) is 11.3 Å². The molecule has 0 fully saturated rings. The van der Waals surface area contributed by atoms with Crippen LogP contribution in [0.4, 0.5) is 5.69 Å². The highest BCUT2D eigenvalue weighted by Gasteiger charge is 2.19. The van der Waals surface area contributed by atoms with Crippen LogP contribution in [0.15, 0.2) is 78.9 Å². The molecule has 1 atom stereocenters. The number of aryl methyl sites for hydroxylation is 1. The number of hydrogen-bond donors (Lipinski definition) is 1. The fourth-order valence-corrected chi connectivity index (χ4v) is 3.62. The van der Waals surface area contributed by atoms with E-state index in [-0.39, 0.29) is 11.8 Å². The quantitative estimate of drug-likeness (QED) is 0.431. The van der Waals surface area contributed by atoms with Crippen LogP contribution >= 0.6 is 0 Å². The Hall–Kier alpha value is -3.93. The number of carbonyl (C=O) groups excluding carboxylic acids is 1. The van der Waals surface area contributed by atoms with Crippen LogP contribution in [-0.2, 0) is 4.79 Å². The Kier molecular flexibility index (Phi) is 6.31. The van der Waals surface area contributed by atoms with E-state index in [0.717, 1.165) is 28.9 Å². The zero-order valence-corrected chi connectivity index (χ0v) is 18.4. The molecular formula is C26H26N4O2. The zero-order chi connectivity index (χ0) is 22.5. The third-order valence-corrected chi connectivity index (χ3v) is 5.39. The molecule has 0 bridgehead atoms. The number of hydrogen-bond acceptors (Lipinski definition) is 4. The molecule has 6 nitrogen and oxygen atoms in total. The summed E-state index contributed by atoms with van der Waals surface area (Å²) in [6.45, 7) is 4.06. The molecule has 0 saturated heterocycles. The van der Waals surface area contributed by atoms with Gasteiger partial charge in [-0.05, 0) is 43.2 Å². The zero-order valence-electron chi connectivity index (χ0n) is 18.4. The largest absolute Gasteiger partial charge is 0.466 e. The van der Waals surface area contributed by atoms with Gasteiger partial charge in [0.05, 0.1) is 18.7 Å². The molecule has 6 heteroatoms. The first kappa shape index (κ1) is 21.3. The molecular weight excluding hydrogens is 400 g/mol. The maximum atomic E-state index is 12.9. The molecule has 1 amide bonds. The van der Waals surface area contributed by atoms with Gasteiger partial charge in [0.15, 0.2) is 5.82 Å². The molecule has 3 aromatic carbocycles. The molecule has 4 rings (SSSR count). The lowest BCUT2D eigenvalue weighted by molar-refractivity contribution is -0.117. The molecule has 4 aromatic rings. The van der Waals surface area contributed by atoms with Crippen molar-refractivity contribution in [2.75, 3.05) is 12.4 Å². The van der Waals surface area contributed by atoms with Gasteiger partial charge in [-0.3, -0.25) is 4.79 Å². The van der Waals surface area contributed by atoms with Crippen molar-refractivity contribution in [3.63, 3.8) is 0 Å². The lowest BCUT2D eigenvalue weighted by atomic mass is 9.95. The Balaban J connectivity index is 1.57. The predicted octanol–water partition coefficient (Wildman–Crippen LogP) is 5.38. The van der Waals surface area contributed by atoms with E-state index in [1.807, 2.05) is 92.7 Å². The molecule has 0 saturated carbocycles. The van der Waals surface area contributed by atoms with Crippen LogP contribution in [0.2, 0.25) is 0 Å². The minimum absolute atomic E-state index is 0.0192. The maximum absolute atomic E-state index is 12.9. The summed E-state index contributed by atoms with van der Waals surface area (Å²) in [4.78, 5) is 17.4. The fraction of sp³-hybridized carbons (Fsp3) is 0.192. The van der Waals surface area contributed by atoms with Crippen molar-refractivity contribution in [1.82, 2.24) is 14.8 Å². The summed E-state index contributed by atoms with van der Waals surface area (Å²) >= 11 is 0. The van der Waals surface area contributed by atoms with E-state index in [0.29, 0.717) is 11.8 Å². The van der Waals surface area contributed by atoms with Crippen molar-refractivity contribution in [3.05, 3.63) is 90.0 Å². The van der Waals surface area contributed by atoms with Gasteiger partial charge in [0.2, 0.25) is 5.91 Å². The fourth-order valence-electron chi connectivity index (χ4n) is 3.62. The third kappa shape index (κ3) is 4.54. The predicted molar refractivity (Wildman–Crippen MR) is 126 cm³/mol. The minimum Gasteiger partial charge on any atom is -0.466 e. The number of ether oxygens (including phenoxy) is 1. The first-order chi connectivity index (χ1) is 15.6. The minimum atomic E-state index is -0.191. The molecule has 1 heterocycles. The summed E-state index contributed by atoms with van der Waals surface area (Å²) in [6.07, 6.45) is 0.729. The summed E-state index contributed by atoms with van der Waals surface area (Å²) in [5.41, 5.74) is 4.69. The smallest absolute Gasteiger partial charge is 0.336 e. The van der Waals surface area contributed by atoms with Crippen molar-refractivity contribution < 1.29 is 9.53 Å². The Morgan fingerprint density at radius 1 is 1.00 bits per heavy atom. The van der Waals surface area contributed by atoms with Crippen LogP contribution in [-0.4, -0.2) is 27.8 Å². The number of anilines is 1. The van der Waals surface area contributed by atoms with Gasteiger partial charge in [-0.15, -0.1) is 5.10 Å². The molecule has 162 valence electrons. The monoisotopic (exact) mass is 426 g/mol. The van der Waals surface area contributed by atoms with Crippen LogP contribution in [0, 0.1) is 6.92 Å². The van der Waals surface area contributed by atoms with Gasteiger partial charge in [-0.1, -0.05) is 67.1 Å². The molecule has 0 unspecified atom stereocenters. The van der Waals surface area contributed by atoms with E-state index in [1.165, 1.54) is 5.56 Å². The maximum Gasteiger partial charge on any atom is 0.336 e. The molecule has 0 aliphatic carbocycles. The molecule has 1 aromatic heterocycles. The first-order valence-electron chi connectivity index (χ1n) is 10.6. The number of benzene rings is 3. The topological polar surface area (TPSA) is 69.0 Å². The SMILES string of the molecule is CC[C@@H](C(=O)Nc1ccc(-n2nc(OC)nc2-c2ccc(C)cc2)cc1)c1ccccc1. The van der Waals surface area contributed by atoms with Crippen LogP contribution in [0.3, 0.4) is 0 Å². The number of nitrogens with zero attached hydrogens (tertiary/aromatic N) is 3. The summed E-state index contributed by atoms with van der Waals surface area (Å²) < 4.78 is 7.00. The first-order valence-corrected chi connectivity index (χ1v) is 10.6. The summed E-state index contributed by atoms with van der Waals surface area (Å²) in [5, 5.41) is 7.50. The number of aromatic nitrogens is 3. The average Bonchev–Trinajstić information content (AvgIpc) is 3.26. The van der Waals surface area contributed by atoms with E-state index >= 15 is 0 Å². The third-order valence-electron chi connectivity index (χ3n) is 5.39. The average molecular weight is 427 g/mol. The van der Waals surface area contributed by atoms with Crippen LogP contribution in [0.25, 0.3) is 17.1 Å². The highest BCUT2D eigenvalue weighted by atomic mass is 16.5. The highest BCUT2D eigenvalue weighted by Crippen LogP contribution is 2.26. The standard InChI is InChI=1S/C26H26N4O2/c1-4-23(19-8-6-5-7-9-19)25(31)27-21-14-16-22(17-15-21)30-24(28-26(29-30)32-3)20-12-10-18(2)11-13-20/h5-17,23H,4H2,1-3H3,(H,27,31)/t23-/m1/s1. The number of carbonyl (C=O) groups is 1. The highest BCUT2D eigenvalue weighted by molar-refractivity contribution is 5.95. The van der Waals surface area contributed by atoms with E-state index < -0.39 is 0 Å². The molecule has 0 aliphatic heterocycles. The van der Waals surface area contributed by atoms with Crippen molar-refractivity contribution in [1.29, 1.82) is 0 Å². The Bertz CT molecular complexity index is 1180. The molecule has 0 radical (unpaired) electrons. The van der Waals surface area contributed by atoms with Crippen LogP contribution in [0.1, 0.15) is 30.4 Å². The lowest BCUT2D eigenvalue weighted by Crippen LogP contribution is -2.20. The molecule has 1 N–H and O–H groups in total. The number of nitrogens with one attached hydrogen (secondary N) is 1. The van der Waals surface area contributed by atoms with Crippen molar-refractivity contribution >= 4 is 11.6 Å². The van der Waals surface area contributed by atoms with Gasteiger partial charge in [-0.25, -0.2) is 4.68 Å². The summed E-state index contributed by atoms with van der Waals surface area (Å²) in [5.74, 6) is 0.478. The van der Waals surface area contributed by atoms with Gasteiger partial charge in [0.25, 0.3) is 0 Å². The second-order valence-electron chi connectivity index (χ2n) is 7.61. The number of rotatable bonds is 7. The van der Waals surface area contributed by atoms with Crippen molar-refractivity contribution in [2.45, 2.75) is 26.2 Å². The summed E-state index contributed by atoms with van der Waals surface area (Å²) in [7, 11) is 1.55. The normalized spacial score (nSPS) is 11.7. The van der Waals surface area contributed by atoms with E-state index in [1.54, 1.807) is 11.8 Å². The van der Waals surface area contributed by atoms with E-state index in [2.05, 4.69) is 15.4 Å². The van der Waals surface area contributed by atoms with Crippen molar-refractivity contribution in [2.24, 2.45) is 0 Å². The lowest BCUT2D eigenvalue weighted by Gasteiger charge is -2.15. The van der Waals surface area contributed by atoms with Crippen LogP contribution < -0.4 is 10.1 Å². The molecule has 0 spiro atoms. The van der Waals surface area contributed by atoms with Gasteiger partial charge in [0.1, 0.15) is 0 Å². The molecule has 0 aliphatic rings.